The van der Waals surface area contributed by atoms with E-state index in [9.17, 15) is 9.59 Å². The summed E-state index contributed by atoms with van der Waals surface area (Å²) in [4.78, 5) is 24.2. The van der Waals surface area contributed by atoms with Crippen LogP contribution in [0.15, 0.2) is 55.7 Å². The summed E-state index contributed by atoms with van der Waals surface area (Å²) >= 11 is 3.41. The summed E-state index contributed by atoms with van der Waals surface area (Å²) in [7, 11) is 0. The number of benzene rings is 1. The van der Waals surface area contributed by atoms with Crippen LogP contribution >= 0.6 is 15.9 Å². The smallest absolute Gasteiger partial charge is 0.345 e. The number of nitrogens with one attached hydrogen (secondary N) is 1. The Bertz CT molecular complexity index is 926. The van der Waals surface area contributed by atoms with Crippen LogP contribution in [0.2, 0.25) is 0 Å². The van der Waals surface area contributed by atoms with Gasteiger partial charge < -0.3 is 14.5 Å². The Morgan fingerprint density at radius 2 is 2.12 bits per heavy atom. The maximum atomic E-state index is 12.3. The van der Waals surface area contributed by atoms with Crippen LogP contribution in [0.4, 0.5) is 0 Å². The Balaban J connectivity index is 2.03. The lowest BCUT2D eigenvalue weighted by Crippen LogP contribution is -2.34. The largest absolute Gasteiger partial charge is 0.463 e. The molecule has 1 aliphatic heterocycles. The highest BCUT2D eigenvalue weighted by Crippen LogP contribution is 2.23. The minimum atomic E-state index is -0.427. The second kappa shape index (κ2) is 6.65. The average molecular weight is 390 g/mol. The zero-order valence-electron chi connectivity index (χ0n) is 13.3. The van der Waals surface area contributed by atoms with Crippen LogP contribution in [0.3, 0.4) is 0 Å². The van der Waals surface area contributed by atoms with Gasteiger partial charge in [0.2, 0.25) is 0 Å². The van der Waals surface area contributed by atoms with Crippen molar-refractivity contribution in [3.63, 3.8) is 0 Å². The van der Waals surface area contributed by atoms with Crippen molar-refractivity contribution in [3.05, 3.63) is 62.4 Å². The zero-order chi connectivity index (χ0) is 17.3. The van der Waals surface area contributed by atoms with Crippen LogP contribution in [-0.2, 0) is 9.53 Å². The first-order valence-corrected chi connectivity index (χ1v) is 8.38. The highest BCUT2D eigenvalue weighted by atomic mass is 79.9. The third-order valence-corrected chi connectivity index (χ3v) is 4.26. The van der Waals surface area contributed by atoms with Crippen molar-refractivity contribution in [2.45, 2.75) is 19.9 Å². The van der Waals surface area contributed by atoms with Crippen LogP contribution in [0, 0.1) is 0 Å². The minimum absolute atomic E-state index is 0.262. The van der Waals surface area contributed by atoms with Crippen LogP contribution < -0.4 is 10.9 Å². The second-order valence-electron chi connectivity index (χ2n) is 5.42. The molecule has 0 spiro atoms. The molecule has 1 unspecified atom stereocenters. The van der Waals surface area contributed by atoms with Gasteiger partial charge in [-0.3, -0.25) is 0 Å². The Morgan fingerprint density at radius 1 is 1.33 bits per heavy atom. The first kappa shape index (κ1) is 16.5. The highest BCUT2D eigenvalue weighted by Gasteiger charge is 2.23. The van der Waals surface area contributed by atoms with Crippen LogP contribution in [0.1, 0.15) is 19.4 Å². The lowest BCUT2D eigenvalue weighted by atomic mass is 10.0. The van der Waals surface area contributed by atoms with E-state index in [1.807, 2.05) is 19.1 Å². The molecule has 0 saturated heterocycles. The summed E-state index contributed by atoms with van der Waals surface area (Å²) in [5.74, 6) is -0.359. The van der Waals surface area contributed by atoms with Crippen LogP contribution in [0.5, 0.6) is 0 Å². The molecule has 2 aromatic rings. The van der Waals surface area contributed by atoms with E-state index in [1.165, 1.54) is 0 Å². The maximum absolute atomic E-state index is 12.3. The molecular formula is C18H16BrNO4. The molecule has 0 fully saturated rings. The van der Waals surface area contributed by atoms with Crippen molar-refractivity contribution < 1.29 is 13.9 Å². The first-order valence-electron chi connectivity index (χ1n) is 7.59. The highest BCUT2D eigenvalue weighted by molar-refractivity contribution is 9.10. The Morgan fingerprint density at radius 3 is 2.83 bits per heavy atom. The molecule has 1 aromatic carbocycles. The van der Waals surface area contributed by atoms with Crippen molar-refractivity contribution in [2.75, 3.05) is 6.61 Å². The molecule has 5 nitrogen and oxygen atoms in total. The molecule has 0 aliphatic carbocycles. The Hall–Kier alpha value is -2.34. The monoisotopic (exact) mass is 389 g/mol. The number of carbonyl (C=O) groups excluding carboxylic acids is 1. The lowest BCUT2D eigenvalue weighted by Gasteiger charge is -2.23. The van der Waals surface area contributed by atoms with Gasteiger partial charge in [0.15, 0.2) is 0 Å². The van der Waals surface area contributed by atoms with E-state index >= 15 is 0 Å². The fourth-order valence-electron chi connectivity index (χ4n) is 2.59. The number of dihydropyridines is 1. The van der Waals surface area contributed by atoms with E-state index in [2.05, 4.69) is 21.2 Å². The van der Waals surface area contributed by atoms with Gasteiger partial charge in [0.1, 0.15) is 5.58 Å². The number of allylic oxidation sites excluding steroid dienone is 2. The molecule has 0 saturated carbocycles. The zero-order valence-corrected chi connectivity index (χ0v) is 14.8. The molecule has 1 aliphatic rings. The van der Waals surface area contributed by atoms with E-state index in [0.717, 1.165) is 9.86 Å². The van der Waals surface area contributed by atoms with E-state index in [0.29, 0.717) is 29.0 Å². The van der Waals surface area contributed by atoms with Gasteiger partial charge in [-0.25, -0.2) is 9.59 Å². The fraction of sp³-hybridized carbons (Fsp3) is 0.222. The number of carbonyl (C=O) groups is 1. The van der Waals surface area contributed by atoms with Crippen molar-refractivity contribution >= 4 is 38.6 Å². The number of fused-ring (bicyclic) bond motifs is 1. The normalized spacial score (nSPS) is 17.0. The minimum Gasteiger partial charge on any atom is -0.463 e. The molecule has 1 aromatic heterocycles. The SMILES string of the molecule is CCOC(=O)C1=CC=C(c2cc3cc(Br)ccc3oc2=O)NC1C. The Kier molecular flexibility index (Phi) is 4.57. The molecule has 3 rings (SSSR count). The fourth-order valence-corrected chi connectivity index (χ4v) is 2.96. The molecular weight excluding hydrogens is 374 g/mol. The topological polar surface area (TPSA) is 68.5 Å². The van der Waals surface area contributed by atoms with Gasteiger partial charge in [-0.2, -0.15) is 0 Å². The average Bonchev–Trinajstić information content (AvgIpc) is 2.54. The standard InChI is InChI=1S/C18H16BrNO4/c1-3-23-17(21)13-5-6-15(20-10(13)2)14-9-11-8-12(19)4-7-16(11)24-18(14)22/h4-10,20H,3H2,1-2H3. The summed E-state index contributed by atoms with van der Waals surface area (Å²) in [6, 6.07) is 6.96. The van der Waals surface area contributed by atoms with Gasteiger partial charge in [0.05, 0.1) is 23.8 Å². The third-order valence-electron chi connectivity index (χ3n) is 3.76. The summed E-state index contributed by atoms with van der Waals surface area (Å²) in [5, 5.41) is 3.98. The van der Waals surface area contributed by atoms with Crippen molar-refractivity contribution in [1.29, 1.82) is 0 Å². The maximum Gasteiger partial charge on any atom is 0.345 e. The molecule has 0 radical (unpaired) electrons. The van der Waals surface area contributed by atoms with Gasteiger partial charge in [-0.15, -0.1) is 0 Å². The number of ether oxygens (including phenoxy) is 1. The molecule has 1 atom stereocenters. The summed E-state index contributed by atoms with van der Waals surface area (Å²) in [5.41, 5.74) is 1.66. The number of hydrogen-bond donors (Lipinski definition) is 1. The van der Waals surface area contributed by atoms with Gasteiger partial charge >= 0.3 is 11.6 Å². The van der Waals surface area contributed by atoms with Crippen molar-refractivity contribution in [2.24, 2.45) is 0 Å². The van der Waals surface area contributed by atoms with Gasteiger partial charge in [-0.1, -0.05) is 15.9 Å². The summed E-state index contributed by atoms with van der Waals surface area (Å²) < 4.78 is 11.3. The molecule has 6 heteroatoms. The van der Waals surface area contributed by atoms with E-state index in [4.69, 9.17) is 9.15 Å². The number of rotatable bonds is 3. The number of halogens is 1. The quantitative estimate of drug-likeness (QED) is 0.643. The Labute approximate surface area is 147 Å². The predicted molar refractivity (Wildman–Crippen MR) is 95.5 cm³/mol. The molecule has 1 N–H and O–H groups in total. The number of esters is 1. The number of hydrogen-bond acceptors (Lipinski definition) is 5. The summed E-state index contributed by atoms with van der Waals surface area (Å²) in [6.07, 6.45) is 3.38. The van der Waals surface area contributed by atoms with Gasteiger partial charge in [-0.05, 0) is 50.3 Å². The predicted octanol–water partition coefficient (Wildman–Crippen LogP) is 3.38. The molecule has 2 heterocycles. The second-order valence-corrected chi connectivity index (χ2v) is 6.33. The molecule has 0 amide bonds. The molecule has 0 bridgehead atoms. The van der Waals surface area contributed by atoms with E-state index in [1.54, 1.807) is 31.2 Å². The molecule has 124 valence electrons. The molecule has 24 heavy (non-hydrogen) atoms. The van der Waals surface area contributed by atoms with Crippen LogP contribution in [-0.4, -0.2) is 18.6 Å². The van der Waals surface area contributed by atoms with Gasteiger partial charge in [0, 0.05) is 15.6 Å². The first-order chi connectivity index (χ1) is 11.5. The lowest BCUT2D eigenvalue weighted by molar-refractivity contribution is -0.138. The van der Waals surface area contributed by atoms with Gasteiger partial charge in [0.25, 0.3) is 0 Å². The van der Waals surface area contributed by atoms with Crippen molar-refractivity contribution in [3.8, 4) is 0 Å². The van der Waals surface area contributed by atoms with Crippen LogP contribution in [0.25, 0.3) is 16.7 Å². The van der Waals surface area contributed by atoms with E-state index in [-0.39, 0.29) is 12.0 Å². The van der Waals surface area contributed by atoms with E-state index < -0.39 is 5.63 Å². The third kappa shape index (κ3) is 3.14. The van der Waals surface area contributed by atoms with Crippen molar-refractivity contribution in [1.82, 2.24) is 5.32 Å². The summed E-state index contributed by atoms with van der Waals surface area (Å²) in [6.45, 7) is 3.93.